The number of carboxylic acid groups (broad SMARTS) is 1. The highest BCUT2D eigenvalue weighted by atomic mass is 16.4. The Morgan fingerprint density at radius 1 is 0.795 bits per heavy atom. The van der Waals surface area contributed by atoms with E-state index in [4.69, 9.17) is 0 Å². The van der Waals surface area contributed by atoms with Crippen LogP contribution in [0.5, 0.6) is 0 Å². The van der Waals surface area contributed by atoms with Gasteiger partial charge in [0.1, 0.15) is 0 Å². The third-order valence-corrected chi connectivity index (χ3v) is 6.47. The van der Waals surface area contributed by atoms with E-state index in [9.17, 15) is 19.5 Å². The molecule has 4 rings (SSSR count). The number of amides is 2. The Morgan fingerprint density at radius 3 is 2.13 bits per heavy atom. The number of aliphatic carboxylic acids is 1. The molecule has 0 atom stereocenters. The number of hydrogen-bond donors (Lipinski definition) is 2. The van der Waals surface area contributed by atoms with E-state index in [1.54, 1.807) is 41.6 Å². The summed E-state index contributed by atoms with van der Waals surface area (Å²) in [5.74, 6) is -1.50. The van der Waals surface area contributed by atoms with Crippen LogP contribution in [0.15, 0.2) is 97.3 Å². The molecule has 7 nitrogen and oxygen atoms in total. The fraction of sp³-hybridized carbons (Fsp3) is 0.188. The number of carboxylic acids is 1. The van der Waals surface area contributed by atoms with Gasteiger partial charge in [0.05, 0.1) is 6.42 Å². The number of carbonyl (C=O) groups excluding carboxylic acids is 2. The summed E-state index contributed by atoms with van der Waals surface area (Å²) in [6.07, 6.45) is 3.79. The molecule has 0 aliphatic heterocycles. The summed E-state index contributed by atoms with van der Waals surface area (Å²) in [7, 11) is 0. The molecule has 0 radical (unpaired) electrons. The van der Waals surface area contributed by atoms with Crippen LogP contribution in [0.4, 0.5) is 0 Å². The van der Waals surface area contributed by atoms with Crippen LogP contribution in [0.3, 0.4) is 0 Å². The van der Waals surface area contributed by atoms with Crippen LogP contribution in [0.2, 0.25) is 0 Å². The van der Waals surface area contributed by atoms with Crippen LogP contribution < -0.4 is 5.32 Å². The Bertz CT molecular complexity index is 1440. The fourth-order valence-corrected chi connectivity index (χ4v) is 4.33. The first kappa shape index (κ1) is 27.3. The largest absolute Gasteiger partial charge is 0.481 e. The van der Waals surface area contributed by atoms with Crippen molar-refractivity contribution < 1.29 is 19.5 Å². The predicted octanol–water partition coefficient (Wildman–Crippen LogP) is 5.15. The molecule has 0 spiro atoms. The predicted molar refractivity (Wildman–Crippen MR) is 150 cm³/mol. The first-order chi connectivity index (χ1) is 18.9. The topological polar surface area (TPSA) is 99.6 Å². The van der Waals surface area contributed by atoms with Crippen molar-refractivity contribution in [2.45, 2.75) is 26.3 Å². The summed E-state index contributed by atoms with van der Waals surface area (Å²) in [4.78, 5) is 44.1. The molecule has 2 N–H and O–H groups in total. The average molecular weight is 522 g/mol. The molecule has 0 aliphatic carbocycles. The van der Waals surface area contributed by atoms with E-state index in [-0.39, 0.29) is 24.8 Å². The van der Waals surface area contributed by atoms with Crippen LogP contribution in [0.25, 0.3) is 11.1 Å². The molecule has 4 aromatic rings. The lowest BCUT2D eigenvalue weighted by atomic mass is 9.94. The number of aryl methyl sites for hydroxylation is 1. The van der Waals surface area contributed by atoms with Crippen LogP contribution in [-0.4, -0.2) is 45.9 Å². The zero-order valence-electron chi connectivity index (χ0n) is 21.8. The smallest absolute Gasteiger partial charge is 0.305 e. The molecule has 0 saturated carbocycles. The highest BCUT2D eigenvalue weighted by Gasteiger charge is 2.22. The van der Waals surface area contributed by atoms with Crippen LogP contribution in [-0.2, 0) is 17.8 Å². The number of carbonyl (C=O) groups is 3. The van der Waals surface area contributed by atoms with Crippen molar-refractivity contribution in [3.8, 4) is 11.1 Å². The Kier molecular flexibility index (Phi) is 9.19. The number of benzene rings is 3. The van der Waals surface area contributed by atoms with Gasteiger partial charge in [-0.05, 0) is 53.8 Å². The molecule has 2 amide bonds. The van der Waals surface area contributed by atoms with E-state index >= 15 is 0 Å². The minimum absolute atomic E-state index is 0.0709. The second kappa shape index (κ2) is 13.1. The van der Waals surface area contributed by atoms with Gasteiger partial charge in [-0.25, -0.2) is 0 Å². The summed E-state index contributed by atoms with van der Waals surface area (Å²) < 4.78 is 0. The summed E-state index contributed by atoms with van der Waals surface area (Å²) >= 11 is 0. The van der Waals surface area contributed by atoms with E-state index in [1.165, 1.54) is 0 Å². The van der Waals surface area contributed by atoms with Gasteiger partial charge in [0.2, 0.25) is 0 Å². The molecule has 1 heterocycles. The molecule has 1 aromatic heterocycles. The van der Waals surface area contributed by atoms with E-state index in [1.807, 2.05) is 67.6 Å². The maximum atomic E-state index is 13.8. The van der Waals surface area contributed by atoms with Gasteiger partial charge in [0.25, 0.3) is 11.8 Å². The standard InChI is InChI=1S/C32H31N3O4/c1-23-12-14-25(15-13-23)22-34-31(38)28-10-4-2-8-26(28)27-9-3-5-11-29(27)32(39)35(20-17-30(36)37)19-16-24-7-6-18-33-21-24/h2-15,18,21H,16-17,19-20,22H2,1H3,(H,34,38)(H,36,37). The second-order valence-electron chi connectivity index (χ2n) is 9.31. The van der Waals surface area contributed by atoms with Gasteiger partial charge >= 0.3 is 5.97 Å². The SMILES string of the molecule is Cc1ccc(CNC(=O)c2ccccc2-c2ccccc2C(=O)N(CCC(=O)O)CCc2cccnc2)cc1. The van der Waals surface area contributed by atoms with Crippen LogP contribution in [0.1, 0.15) is 43.8 Å². The summed E-state index contributed by atoms with van der Waals surface area (Å²) in [5.41, 5.74) is 5.21. The third kappa shape index (κ3) is 7.38. The maximum Gasteiger partial charge on any atom is 0.305 e. The first-order valence-corrected chi connectivity index (χ1v) is 12.8. The quantitative estimate of drug-likeness (QED) is 0.285. The molecule has 0 bridgehead atoms. The molecular formula is C32H31N3O4. The number of aromatic nitrogens is 1. The van der Waals surface area contributed by atoms with E-state index < -0.39 is 5.97 Å². The number of rotatable bonds is 11. The van der Waals surface area contributed by atoms with Crippen molar-refractivity contribution >= 4 is 17.8 Å². The first-order valence-electron chi connectivity index (χ1n) is 12.8. The number of hydrogen-bond acceptors (Lipinski definition) is 4. The molecule has 7 heteroatoms. The lowest BCUT2D eigenvalue weighted by molar-refractivity contribution is -0.137. The normalized spacial score (nSPS) is 10.6. The van der Waals surface area contributed by atoms with Crippen molar-refractivity contribution in [2.75, 3.05) is 13.1 Å². The maximum absolute atomic E-state index is 13.8. The van der Waals surface area contributed by atoms with Gasteiger partial charge < -0.3 is 15.3 Å². The summed E-state index contributed by atoms with van der Waals surface area (Å²) in [6.45, 7) is 2.80. The second-order valence-corrected chi connectivity index (χ2v) is 9.31. The molecule has 3 aromatic carbocycles. The van der Waals surface area contributed by atoms with Gasteiger partial charge in [-0.1, -0.05) is 72.3 Å². The molecule has 0 unspecified atom stereocenters. The minimum atomic E-state index is -0.974. The summed E-state index contributed by atoms with van der Waals surface area (Å²) in [6, 6.07) is 26.0. The zero-order chi connectivity index (χ0) is 27.6. The van der Waals surface area contributed by atoms with Crippen molar-refractivity contribution in [2.24, 2.45) is 0 Å². The molecule has 0 fully saturated rings. The highest BCUT2D eigenvalue weighted by Crippen LogP contribution is 2.28. The van der Waals surface area contributed by atoms with E-state index in [0.717, 1.165) is 16.7 Å². The summed E-state index contributed by atoms with van der Waals surface area (Å²) in [5, 5.41) is 12.3. The molecule has 198 valence electrons. The van der Waals surface area contributed by atoms with E-state index in [2.05, 4.69) is 10.3 Å². The van der Waals surface area contributed by atoms with Crippen molar-refractivity contribution in [1.82, 2.24) is 15.2 Å². The number of pyridine rings is 1. The van der Waals surface area contributed by atoms with Gasteiger partial charge in [-0.3, -0.25) is 19.4 Å². The third-order valence-electron chi connectivity index (χ3n) is 6.47. The Balaban J connectivity index is 1.60. The van der Waals surface area contributed by atoms with Crippen LogP contribution >= 0.6 is 0 Å². The molecular weight excluding hydrogens is 490 g/mol. The van der Waals surface area contributed by atoms with E-state index in [0.29, 0.717) is 41.8 Å². The monoisotopic (exact) mass is 521 g/mol. The lowest BCUT2D eigenvalue weighted by Gasteiger charge is -2.24. The Morgan fingerprint density at radius 2 is 1.46 bits per heavy atom. The van der Waals surface area contributed by atoms with Gasteiger partial charge in [-0.2, -0.15) is 0 Å². The van der Waals surface area contributed by atoms with Gasteiger partial charge in [0, 0.05) is 43.2 Å². The van der Waals surface area contributed by atoms with Crippen LogP contribution in [0, 0.1) is 6.92 Å². The highest BCUT2D eigenvalue weighted by molar-refractivity contribution is 6.06. The van der Waals surface area contributed by atoms with Crippen molar-refractivity contribution in [3.05, 3.63) is 125 Å². The van der Waals surface area contributed by atoms with Gasteiger partial charge in [0.15, 0.2) is 0 Å². The minimum Gasteiger partial charge on any atom is -0.481 e. The molecule has 39 heavy (non-hydrogen) atoms. The fourth-order valence-electron chi connectivity index (χ4n) is 4.33. The molecule has 0 saturated heterocycles. The Labute approximate surface area is 228 Å². The van der Waals surface area contributed by atoms with Crippen molar-refractivity contribution in [3.63, 3.8) is 0 Å². The van der Waals surface area contributed by atoms with Crippen molar-refractivity contribution in [1.29, 1.82) is 0 Å². The lowest BCUT2D eigenvalue weighted by Crippen LogP contribution is -2.35. The number of nitrogens with one attached hydrogen (secondary N) is 1. The van der Waals surface area contributed by atoms with Gasteiger partial charge in [-0.15, -0.1) is 0 Å². The zero-order valence-corrected chi connectivity index (χ0v) is 21.8. The number of nitrogens with zero attached hydrogens (tertiary/aromatic N) is 2. The molecule has 0 aliphatic rings. The average Bonchev–Trinajstić information content (AvgIpc) is 2.97. The Hall–Kier alpha value is -4.78.